The van der Waals surface area contributed by atoms with Crippen molar-refractivity contribution >= 4 is 51.3 Å². The maximum absolute atomic E-state index is 13.8. The molecule has 37 heavy (non-hydrogen) atoms. The normalized spacial score (nSPS) is 11.7. The summed E-state index contributed by atoms with van der Waals surface area (Å²) in [5, 5.41) is 13.7. The molecule has 0 aliphatic rings. The number of halogens is 2. The lowest BCUT2D eigenvalue weighted by molar-refractivity contribution is -0.121. The summed E-state index contributed by atoms with van der Waals surface area (Å²) >= 11 is 12.1. The summed E-state index contributed by atoms with van der Waals surface area (Å²) in [4.78, 5) is 24.3. The van der Waals surface area contributed by atoms with Gasteiger partial charge in [0.15, 0.2) is 0 Å². The van der Waals surface area contributed by atoms with Crippen molar-refractivity contribution in [1.82, 2.24) is 9.73 Å². The van der Waals surface area contributed by atoms with E-state index in [1.54, 1.807) is 56.3 Å². The third-order valence-corrected chi connectivity index (χ3v) is 8.29. The van der Waals surface area contributed by atoms with E-state index in [-0.39, 0.29) is 27.6 Å². The van der Waals surface area contributed by atoms with Crippen molar-refractivity contribution in [3.63, 3.8) is 0 Å². The van der Waals surface area contributed by atoms with Crippen LogP contribution in [-0.4, -0.2) is 42.5 Å². The Balaban J connectivity index is 1.91. The van der Waals surface area contributed by atoms with E-state index < -0.39 is 28.4 Å². The van der Waals surface area contributed by atoms with Gasteiger partial charge >= 0.3 is 5.97 Å². The van der Waals surface area contributed by atoms with Crippen LogP contribution in [0.15, 0.2) is 64.6 Å². The number of sulfonamides is 1. The number of benzene rings is 3. The van der Waals surface area contributed by atoms with Gasteiger partial charge in [-0.2, -0.15) is 9.41 Å². The number of hydrogen-bond acceptors (Lipinski definition) is 5. The molecule has 3 aromatic carbocycles. The lowest BCUT2D eigenvalue weighted by Crippen LogP contribution is -2.39. The molecule has 3 aromatic rings. The van der Waals surface area contributed by atoms with Crippen molar-refractivity contribution in [2.45, 2.75) is 32.2 Å². The molecule has 0 aliphatic heterocycles. The summed E-state index contributed by atoms with van der Waals surface area (Å²) in [6.45, 7) is 4.58. The largest absolute Gasteiger partial charge is 0.478 e. The maximum atomic E-state index is 13.8. The molecule has 194 valence electrons. The van der Waals surface area contributed by atoms with Gasteiger partial charge in [0.25, 0.3) is 5.91 Å². The van der Waals surface area contributed by atoms with Crippen LogP contribution in [0.2, 0.25) is 10.0 Å². The highest BCUT2D eigenvalue weighted by Gasteiger charge is 2.30. The van der Waals surface area contributed by atoms with Crippen LogP contribution in [0.5, 0.6) is 0 Å². The third-order valence-electron chi connectivity index (χ3n) is 5.45. The highest BCUT2D eigenvalue weighted by molar-refractivity contribution is 7.89. The van der Waals surface area contributed by atoms with Gasteiger partial charge in [0.05, 0.1) is 33.3 Å². The van der Waals surface area contributed by atoms with E-state index >= 15 is 0 Å². The number of carbonyl (C=O) groups excluding carboxylic acids is 1. The number of carboxylic acids is 1. The van der Waals surface area contributed by atoms with E-state index in [0.717, 1.165) is 9.87 Å². The van der Waals surface area contributed by atoms with Crippen LogP contribution in [0, 0.1) is 20.8 Å². The van der Waals surface area contributed by atoms with Crippen molar-refractivity contribution in [3.8, 4) is 0 Å². The molecular formula is C26H25Cl2N3O5S. The molecule has 0 spiro atoms. The fraction of sp³-hybridized carbons (Fsp3) is 0.192. The van der Waals surface area contributed by atoms with E-state index in [2.05, 4.69) is 10.5 Å². The van der Waals surface area contributed by atoms with Crippen LogP contribution in [0.25, 0.3) is 0 Å². The predicted molar refractivity (Wildman–Crippen MR) is 144 cm³/mol. The number of aryl methyl sites for hydroxylation is 3. The number of rotatable bonds is 9. The van der Waals surface area contributed by atoms with Gasteiger partial charge < -0.3 is 5.11 Å². The molecular weight excluding hydrogens is 537 g/mol. The minimum Gasteiger partial charge on any atom is -0.478 e. The molecule has 2 N–H and O–H groups in total. The molecule has 0 aromatic heterocycles. The Morgan fingerprint density at radius 2 is 1.65 bits per heavy atom. The monoisotopic (exact) mass is 561 g/mol. The lowest BCUT2D eigenvalue weighted by Gasteiger charge is -2.24. The van der Waals surface area contributed by atoms with Crippen LogP contribution in [-0.2, 0) is 21.4 Å². The fourth-order valence-corrected chi connectivity index (χ4v) is 6.06. The Morgan fingerprint density at radius 1 is 1.00 bits per heavy atom. The quantitative estimate of drug-likeness (QED) is 0.283. The standard InChI is InChI=1S/C26H25Cl2N3O5S/c1-16-10-17(2)25(18(3)11-16)37(35,36)31(14-19-8-9-22(27)23(28)12-19)15-24(32)30-29-13-20-6-4-5-7-21(20)26(33)34/h4-13H,14-15H2,1-3H3,(H,30,32)(H,33,34)/b29-13+. The summed E-state index contributed by atoms with van der Waals surface area (Å²) < 4.78 is 28.6. The minimum atomic E-state index is -4.12. The van der Waals surface area contributed by atoms with Crippen LogP contribution in [0.1, 0.15) is 38.2 Å². The minimum absolute atomic E-state index is 0.00893. The van der Waals surface area contributed by atoms with Gasteiger partial charge in [0, 0.05) is 12.1 Å². The number of hydrazone groups is 1. The molecule has 8 nitrogen and oxygen atoms in total. The molecule has 0 heterocycles. The third kappa shape index (κ3) is 6.95. The number of nitrogens with zero attached hydrogens (tertiary/aromatic N) is 2. The second kappa shape index (κ2) is 11.9. The van der Waals surface area contributed by atoms with Crippen molar-refractivity contribution in [2.24, 2.45) is 5.10 Å². The Morgan fingerprint density at radius 3 is 2.27 bits per heavy atom. The molecule has 3 rings (SSSR count). The predicted octanol–water partition coefficient (Wildman–Crippen LogP) is 4.96. The number of aromatic carboxylic acids is 1. The summed E-state index contributed by atoms with van der Waals surface area (Å²) in [5.41, 5.74) is 5.13. The zero-order valence-corrected chi connectivity index (χ0v) is 22.7. The van der Waals surface area contributed by atoms with Crippen LogP contribution >= 0.6 is 23.2 Å². The first kappa shape index (κ1) is 28.3. The molecule has 0 unspecified atom stereocenters. The Bertz CT molecular complexity index is 1470. The molecule has 0 saturated heterocycles. The van der Waals surface area contributed by atoms with E-state index in [1.165, 1.54) is 18.3 Å². The molecule has 0 atom stereocenters. The van der Waals surface area contributed by atoms with E-state index in [4.69, 9.17) is 23.2 Å². The molecule has 0 radical (unpaired) electrons. The van der Waals surface area contributed by atoms with Gasteiger partial charge in [-0.25, -0.2) is 18.6 Å². The average Bonchev–Trinajstić information content (AvgIpc) is 2.80. The van der Waals surface area contributed by atoms with E-state index in [9.17, 15) is 23.1 Å². The van der Waals surface area contributed by atoms with Crippen LogP contribution in [0.4, 0.5) is 0 Å². The van der Waals surface area contributed by atoms with Gasteiger partial charge in [-0.3, -0.25) is 4.79 Å². The molecule has 1 amide bonds. The van der Waals surface area contributed by atoms with E-state index in [1.807, 2.05) is 6.92 Å². The summed E-state index contributed by atoms with van der Waals surface area (Å²) in [6, 6.07) is 14.4. The zero-order valence-electron chi connectivity index (χ0n) is 20.3. The molecule has 0 aliphatic carbocycles. The Kier molecular flexibility index (Phi) is 9.09. The molecule has 11 heteroatoms. The number of carbonyl (C=O) groups is 2. The van der Waals surface area contributed by atoms with Gasteiger partial charge in [-0.1, -0.05) is 65.2 Å². The second-order valence-corrected chi connectivity index (χ2v) is 11.1. The number of carboxylic acid groups (broad SMARTS) is 1. The molecule has 0 fully saturated rings. The fourth-order valence-electron chi connectivity index (χ4n) is 3.94. The SMILES string of the molecule is Cc1cc(C)c(S(=O)(=O)N(CC(=O)N/N=C/c2ccccc2C(=O)O)Cc2ccc(Cl)c(Cl)c2)c(C)c1. The van der Waals surface area contributed by atoms with Crippen LogP contribution < -0.4 is 5.43 Å². The van der Waals surface area contributed by atoms with Gasteiger partial charge in [-0.15, -0.1) is 0 Å². The Labute approximate surface area is 225 Å². The highest BCUT2D eigenvalue weighted by Crippen LogP contribution is 2.28. The van der Waals surface area contributed by atoms with Crippen molar-refractivity contribution in [3.05, 3.63) is 98.0 Å². The maximum Gasteiger partial charge on any atom is 0.336 e. The first-order chi connectivity index (χ1) is 17.4. The smallest absolute Gasteiger partial charge is 0.336 e. The number of nitrogens with one attached hydrogen (secondary N) is 1. The number of amides is 1. The van der Waals surface area contributed by atoms with Gasteiger partial charge in [0.2, 0.25) is 10.0 Å². The summed E-state index contributed by atoms with van der Waals surface area (Å²) in [5.74, 6) is -1.86. The van der Waals surface area contributed by atoms with Gasteiger partial charge in [-0.05, 0) is 55.7 Å². The lowest BCUT2D eigenvalue weighted by atomic mass is 10.1. The van der Waals surface area contributed by atoms with Crippen LogP contribution in [0.3, 0.4) is 0 Å². The molecule has 0 saturated carbocycles. The van der Waals surface area contributed by atoms with E-state index in [0.29, 0.717) is 21.7 Å². The second-order valence-electron chi connectivity index (χ2n) is 8.43. The van der Waals surface area contributed by atoms with Crippen molar-refractivity contribution in [2.75, 3.05) is 6.54 Å². The summed E-state index contributed by atoms with van der Waals surface area (Å²) in [6.07, 6.45) is 1.19. The first-order valence-electron chi connectivity index (χ1n) is 11.1. The summed E-state index contributed by atoms with van der Waals surface area (Å²) in [7, 11) is -4.12. The van der Waals surface area contributed by atoms with Gasteiger partial charge in [0.1, 0.15) is 0 Å². The average molecular weight is 562 g/mol. The Hall–Kier alpha value is -3.24. The molecule has 0 bridgehead atoms. The zero-order chi connectivity index (χ0) is 27.3. The van der Waals surface area contributed by atoms with Crippen molar-refractivity contribution < 1.29 is 23.1 Å². The topological polar surface area (TPSA) is 116 Å². The highest BCUT2D eigenvalue weighted by atomic mass is 35.5. The first-order valence-corrected chi connectivity index (χ1v) is 13.3. The van der Waals surface area contributed by atoms with Crippen molar-refractivity contribution in [1.29, 1.82) is 0 Å². The number of hydrogen-bond donors (Lipinski definition) is 2.